The van der Waals surface area contributed by atoms with Crippen LogP contribution in [0.4, 0.5) is 0 Å². The normalized spacial score (nSPS) is 11.1. The summed E-state index contributed by atoms with van der Waals surface area (Å²) >= 11 is 0. The molecule has 0 aromatic heterocycles. The van der Waals surface area contributed by atoms with Gasteiger partial charge in [0.05, 0.1) is 0 Å². The number of hydrogen-bond donors (Lipinski definition) is 4. The van der Waals surface area contributed by atoms with Crippen LogP contribution in [0.1, 0.15) is 35.1 Å². The molecule has 5 aromatic carbocycles. The Balaban J connectivity index is 1.70. The topological polar surface area (TPSA) is 80.9 Å². The number of aromatic hydroxyl groups is 4. The van der Waals surface area contributed by atoms with E-state index in [-0.39, 0.29) is 23.0 Å². The van der Waals surface area contributed by atoms with Crippen molar-refractivity contribution in [2.45, 2.75) is 19.3 Å². The minimum atomic E-state index is -0.444. The molecule has 0 saturated carbocycles. The summed E-state index contributed by atoms with van der Waals surface area (Å²) in [5.41, 5.74) is 7.04. The zero-order valence-corrected chi connectivity index (χ0v) is 20.5. The van der Waals surface area contributed by atoms with Crippen molar-refractivity contribution >= 4 is 0 Å². The fraction of sp³-hybridized carbons (Fsp3) is 0.0909. The van der Waals surface area contributed by atoms with Crippen molar-refractivity contribution in [1.29, 1.82) is 0 Å². The van der Waals surface area contributed by atoms with Gasteiger partial charge in [-0.15, -0.1) is 0 Å². The van der Waals surface area contributed by atoms with Gasteiger partial charge in [0.2, 0.25) is 0 Å². The molecule has 0 aliphatic rings. The van der Waals surface area contributed by atoms with Gasteiger partial charge in [-0.25, -0.2) is 0 Å². The largest absolute Gasteiger partial charge is 0.508 e. The van der Waals surface area contributed by atoms with Crippen LogP contribution in [0.3, 0.4) is 0 Å². The summed E-state index contributed by atoms with van der Waals surface area (Å²) in [6.07, 6.45) is 0.911. The number of benzene rings is 5. The molecule has 0 unspecified atom stereocenters. The van der Waals surface area contributed by atoms with Crippen LogP contribution in [0.15, 0.2) is 109 Å². The summed E-state index contributed by atoms with van der Waals surface area (Å²) < 4.78 is 0. The number of phenols is 4. The number of phenolic OH excluding ortho intramolecular Hbond substituents is 4. The van der Waals surface area contributed by atoms with E-state index in [0.29, 0.717) is 11.1 Å². The third kappa shape index (κ3) is 5.00. The van der Waals surface area contributed by atoms with Crippen molar-refractivity contribution in [3.63, 3.8) is 0 Å². The molecule has 4 heteroatoms. The summed E-state index contributed by atoms with van der Waals surface area (Å²) in [7, 11) is 0. The van der Waals surface area contributed by atoms with Gasteiger partial charge in [0, 0.05) is 17.0 Å². The summed E-state index contributed by atoms with van der Waals surface area (Å²) in [6.45, 7) is 2.10. The van der Waals surface area contributed by atoms with E-state index < -0.39 is 5.92 Å². The molecule has 0 spiro atoms. The molecule has 0 aliphatic carbocycles. The fourth-order valence-corrected chi connectivity index (χ4v) is 4.71. The predicted molar refractivity (Wildman–Crippen MR) is 147 cm³/mol. The molecule has 0 saturated heterocycles. The van der Waals surface area contributed by atoms with E-state index in [1.807, 2.05) is 60.7 Å². The Kier molecular flexibility index (Phi) is 6.57. The van der Waals surface area contributed by atoms with E-state index in [2.05, 4.69) is 19.1 Å². The highest BCUT2D eigenvalue weighted by atomic mass is 16.3. The second kappa shape index (κ2) is 10.1. The number of hydrogen-bond acceptors (Lipinski definition) is 4. The van der Waals surface area contributed by atoms with Crippen LogP contribution in [0.25, 0.3) is 22.3 Å². The van der Waals surface area contributed by atoms with E-state index in [1.54, 1.807) is 36.4 Å². The van der Waals surface area contributed by atoms with Crippen molar-refractivity contribution in [3.8, 4) is 45.3 Å². The van der Waals surface area contributed by atoms with Crippen molar-refractivity contribution in [2.75, 3.05) is 0 Å². The van der Waals surface area contributed by atoms with Gasteiger partial charge >= 0.3 is 0 Å². The Morgan fingerprint density at radius 3 is 1.30 bits per heavy atom. The fourth-order valence-electron chi connectivity index (χ4n) is 4.71. The lowest BCUT2D eigenvalue weighted by Gasteiger charge is -2.23. The molecule has 184 valence electrons. The quantitative estimate of drug-likeness (QED) is 0.186. The molecule has 0 radical (unpaired) electrons. The monoisotopic (exact) mass is 488 g/mol. The molecule has 0 fully saturated rings. The molecular weight excluding hydrogens is 460 g/mol. The van der Waals surface area contributed by atoms with Crippen LogP contribution in [0, 0.1) is 0 Å². The molecule has 0 bridgehead atoms. The van der Waals surface area contributed by atoms with Crippen LogP contribution in [-0.2, 0) is 6.42 Å². The van der Waals surface area contributed by atoms with Crippen molar-refractivity contribution in [1.82, 2.24) is 0 Å². The molecule has 4 nitrogen and oxygen atoms in total. The first kappa shape index (κ1) is 24.0. The standard InChI is InChI=1S/C33H28O4/c1-2-21-3-5-24(6-4-21)33(29-19-25(11-17-31(29)36)22-7-13-27(34)14-8-22)30-20-26(12-18-32(30)37)23-9-15-28(35)16-10-23/h3-20,33-37H,2H2,1H3. The maximum Gasteiger partial charge on any atom is 0.119 e. The Morgan fingerprint density at radius 1 is 0.486 bits per heavy atom. The van der Waals surface area contributed by atoms with Crippen molar-refractivity contribution < 1.29 is 20.4 Å². The van der Waals surface area contributed by atoms with Gasteiger partial charge in [0.15, 0.2) is 0 Å². The van der Waals surface area contributed by atoms with Gasteiger partial charge in [-0.05, 0) is 88.3 Å². The number of rotatable bonds is 6. The molecular formula is C33H28O4. The molecule has 0 atom stereocenters. The maximum absolute atomic E-state index is 11.1. The lowest BCUT2D eigenvalue weighted by atomic mass is 9.81. The zero-order chi connectivity index (χ0) is 25.9. The maximum atomic E-state index is 11.1. The minimum Gasteiger partial charge on any atom is -0.508 e. The minimum absolute atomic E-state index is 0.126. The molecule has 0 amide bonds. The third-order valence-electron chi connectivity index (χ3n) is 6.80. The lowest BCUT2D eigenvalue weighted by Crippen LogP contribution is -2.05. The summed E-state index contributed by atoms with van der Waals surface area (Å²) in [5.74, 6) is 0.184. The van der Waals surface area contributed by atoms with Crippen LogP contribution in [0.5, 0.6) is 23.0 Å². The number of aryl methyl sites for hydroxylation is 1. The average molecular weight is 489 g/mol. The Morgan fingerprint density at radius 2 is 0.892 bits per heavy atom. The average Bonchev–Trinajstić information content (AvgIpc) is 2.92. The SMILES string of the molecule is CCc1ccc(C(c2cc(-c3ccc(O)cc3)ccc2O)c2cc(-c3ccc(O)cc3)ccc2O)cc1. The molecule has 4 N–H and O–H groups in total. The van der Waals surface area contributed by atoms with Gasteiger partial charge in [0.1, 0.15) is 23.0 Å². The smallest absolute Gasteiger partial charge is 0.119 e. The Bertz CT molecular complexity index is 1420. The van der Waals surface area contributed by atoms with Crippen LogP contribution >= 0.6 is 0 Å². The molecule has 0 heterocycles. The van der Waals surface area contributed by atoms with Gasteiger partial charge in [-0.3, -0.25) is 0 Å². The van der Waals surface area contributed by atoms with Crippen LogP contribution in [0.2, 0.25) is 0 Å². The zero-order valence-electron chi connectivity index (χ0n) is 20.5. The van der Waals surface area contributed by atoms with Crippen molar-refractivity contribution in [3.05, 3.63) is 131 Å². The third-order valence-corrected chi connectivity index (χ3v) is 6.80. The van der Waals surface area contributed by atoms with Crippen molar-refractivity contribution in [2.24, 2.45) is 0 Å². The highest BCUT2D eigenvalue weighted by molar-refractivity contribution is 5.70. The molecule has 0 aliphatic heterocycles. The first-order chi connectivity index (χ1) is 17.9. The van der Waals surface area contributed by atoms with Gasteiger partial charge in [-0.2, -0.15) is 0 Å². The second-order valence-corrected chi connectivity index (χ2v) is 9.17. The van der Waals surface area contributed by atoms with Crippen LogP contribution in [-0.4, -0.2) is 20.4 Å². The van der Waals surface area contributed by atoms with Gasteiger partial charge < -0.3 is 20.4 Å². The summed E-state index contributed by atoms with van der Waals surface area (Å²) in [4.78, 5) is 0. The lowest BCUT2D eigenvalue weighted by molar-refractivity contribution is 0.458. The highest BCUT2D eigenvalue weighted by Crippen LogP contribution is 2.43. The first-order valence-corrected chi connectivity index (χ1v) is 12.3. The van der Waals surface area contributed by atoms with Gasteiger partial charge in [-0.1, -0.05) is 67.6 Å². The van der Waals surface area contributed by atoms with E-state index in [4.69, 9.17) is 0 Å². The summed E-state index contributed by atoms with van der Waals surface area (Å²) in [6, 6.07) is 33.0. The molecule has 5 aromatic rings. The van der Waals surface area contributed by atoms with E-state index >= 15 is 0 Å². The Hall–Kier alpha value is -4.70. The Labute approximate surface area is 216 Å². The molecule has 5 rings (SSSR count). The first-order valence-electron chi connectivity index (χ1n) is 12.3. The highest BCUT2D eigenvalue weighted by Gasteiger charge is 2.24. The van der Waals surface area contributed by atoms with E-state index in [1.165, 1.54) is 5.56 Å². The summed E-state index contributed by atoms with van der Waals surface area (Å²) in [5, 5.41) is 41.6. The van der Waals surface area contributed by atoms with E-state index in [9.17, 15) is 20.4 Å². The van der Waals surface area contributed by atoms with E-state index in [0.717, 1.165) is 34.2 Å². The van der Waals surface area contributed by atoms with Crippen LogP contribution < -0.4 is 0 Å². The predicted octanol–water partition coefficient (Wildman–Crippen LogP) is 7.59. The molecule has 37 heavy (non-hydrogen) atoms. The second-order valence-electron chi connectivity index (χ2n) is 9.17. The van der Waals surface area contributed by atoms with Gasteiger partial charge in [0.25, 0.3) is 0 Å².